The lowest BCUT2D eigenvalue weighted by atomic mass is 10.3. The molecule has 1 heterocycles. The second kappa shape index (κ2) is 5.89. The van der Waals surface area contributed by atoms with E-state index >= 15 is 0 Å². The Morgan fingerprint density at radius 3 is 2.84 bits per heavy atom. The second-order valence-corrected chi connectivity index (χ2v) is 6.11. The number of thiazole rings is 1. The number of hydrogen-bond acceptors (Lipinski definition) is 4. The van der Waals surface area contributed by atoms with E-state index in [0.717, 1.165) is 20.3 Å². The van der Waals surface area contributed by atoms with Gasteiger partial charge in [0.05, 0.1) is 15.9 Å². The van der Waals surface area contributed by atoms with Gasteiger partial charge in [-0.25, -0.2) is 9.98 Å². The van der Waals surface area contributed by atoms with Crippen molar-refractivity contribution in [3.8, 4) is 0 Å². The van der Waals surface area contributed by atoms with Crippen LogP contribution in [-0.2, 0) is 0 Å². The Bertz CT molecular complexity index is 642. The topological polar surface area (TPSA) is 116 Å². The molecular weight excluding hydrogens is 280 g/mol. The molecule has 6 N–H and O–H groups in total. The molecule has 0 aliphatic carbocycles. The quantitative estimate of drug-likeness (QED) is 0.452. The van der Waals surface area contributed by atoms with Crippen molar-refractivity contribution in [3.63, 3.8) is 0 Å². The van der Waals surface area contributed by atoms with Gasteiger partial charge in [0.2, 0.25) is 5.96 Å². The molecule has 0 unspecified atom stereocenters. The fourth-order valence-corrected chi connectivity index (χ4v) is 3.43. The van der Waals surface area contributed by atoms with Crippen molar-refractivity contribution in [3.05, 3.63) is 18.2 Å². The summed E-state index contributed by atoms with van der Waals surface area (Å²) in [4.78, 5) is 12.3. The van der Waals surface area contributed by atoms with Gasteiger partial charge in [0.1, 0.15) is 0 Å². The van der Waals surface area contributed by atoms with Crippen LogP contribution < -0.4 is 17.2 Å². The Balaban J connectivity index is 2.33. The Morgan fingerprint density at radius 2 is 2.16 bits per heavy atom. The van der Waals surface area contributed by atoms with E-state index in [-0.39, 0.29) is 11.9 Å². The van der Waals surface area contributed by atoms with E-state index in [0.29, 0.717) is 5.69 Å². The minimum absolute atomic E-state index is 0.0343. The van der Waals surface area contributed by atoms with Gasteiger partial charge in [-0.1, -0.05) is 18.7 Å². The lowest BCUT2D eigenvalue weighted by Crippen LogP contribution is -2.26. The van der Waals surface area contributed by atoms with Gasteiger partial charge in [0.15, 0.2) is 10.3 Å². The molecule has 0 saturated heterocycles. The molecule has 0 bridgehead atoms. The van der Waals surface area contributed by atoms with Crippen LogP contribution in [0.1, 0.15) is 6.92 Å². The first-order valence-electron chi connectivity index (χ1n) is 5.55. The standard InChI is InChI=1S/C11H14N6S2/c1-2-18-11-16-7-4-3-6(5-8(7)19-11)15-10(14)17-9(12)13/h3-5H,2H2,1H3,(H6,12,13,14,15,17). The summed E-state index contributed by atoms with van der Waals surface area (Å²) in [5.41, 5.74) is 17.7. The monoisotopic (exact) mass is 294 g/mol. The predicted octanol–water partition coefficient (Wildman–Crippen LogP) is 1.63. The number of thioether (sulfide) groups is 1. The lowest BCUT2D eigenvalue weighted by molar-refractivity contribution is 1.30. The van der Waals surface area contributed by atoms with Crippen molar-refractivity contribution >= 4 is 50.9 Å². The minimum Gasteiger partial charge on any atom is -0.370 e. The highest BCUT2D eigenvalue weighted by atomic mass is 32.2. The maximum absolute atomic E-state index is 5.59. The fourth-order valence-electron chi connectivity index (χ4n) is 1.44. The Kier molecular flexibility index (Phi) is 4.23. The van der Waals surface area contributed by atoms with E-state index < -0.39 is 0 Å². The zero-order valence-electron chi connectivity index (χ0n) is 10.3. The molecule has 1 aromatic heterocycles. The van der Waals surface area contributed by atoms with Crippen LogP contribution in [0.2, 0.25) is 0 Å². The van der Waals surface area contributed by atoms with E-state index in [1.807, 2.05) is 18.2 Å². The van der Waals surface area contributed by atoms with Gasteiger partial charge in [0.25, 0.3) is 0 Å². The smallest absolute Gasteiger partial charge is 0.223 e. The minimum atomic E-state index is -0.109. The molecule has 6 nitrogen and oxygen atoms in total. The van der Waals surface area contributed by atoms with Crippen LogP contribution in [0.4, 0.5) is 5.69 Å². The van der Waals surface area contributed by atoms with E-state index in [9.17, 15) is 0 Å². The van der Waals surface area contributed by atoms with Crippen molar-refractivity contribution in [2.24, 2.45) is 27.2 Å². The molecule has 0 amide bonds. The molecule has 0 atom stereocenters. The average molecular weight is 294 g/mol. The first-order chi connectivity index (χ1) is 9.08. The molecular formula is C11H14N6S2. The van der Waals surface area contributed by atoms with Gasteiger partial charge in [-0.3, -0.25) is 0 Å². The van der Waals surface area contributed by atoms with Crippen molar-refractivity contribution in [1.29, 1.82) is 0 Å². The third-order valence-corrected chi connectivity index (χ3v) is 4.15. The van der Waals surface area contributed by atoms with Gasteiger partial charge in [0, 0.05) is 0 Å². The number of nitrogens with zero attached hydrogens (tertiary/aromatic N) is 3. The third kappa shape index (κ3) is 3.58. The average Bonchev–Trinajstić information content (AvgIpc) is 2.69. The van der Waals surface area contributed by atoms with Crippen molar-refractivity contribution in [2.75, 3.05) is 5.75 Å². The lowest BCUT2D eigenvalue weighted by Gasteiger charge is -1.95. The van der Waals surface area contributed by atoms with Crippen LogP contribution >= 0.6 is 23.1 Å². The summed E-state index contributed by atoms with van der Waals surface area (Å²) in [6, 6.07) is 5.66. The maximum Gasteiger partial charge on any atom is 0.223 e. The molecule has 8 heteroatoms. The number of nitrogens with two attached hydrogens (primary N) is 3. The Morgan fingerprint density at radius 1 is 1.37 bits per heavy atom. The second-order valence-electron chi connectivity index (χ2n) is 3.57. The molecule has 0 radical (unpaired) electrons. The molecule has 0 saturated carbocycles. The number of benzene rings is 1. The van der Waals surface area contributed by atoms with Gasteiger partial charge < -0.3 is 17.2 Å². The molecule has 0 aliphatic heterocycles. The number of rotatable bonds is 3. The molecule has 0 spiro atoms. The van der Waals surface area contributed by atoms with Gasteiger partial charge in [-0.05, 0) is 24.0 Å². The highest BCUT2D eigenvalue weighted by Crippen LogP contribution is 2.31. The molecule has 0 aliphatic rings. The normalized spacial score (nSPS) is 11.7. The van der Waals surface area contributed by atoms with Crippen molar-refractivity contribution < 1.29 is 0 Å². The van der Waals surface area contributed by atoms with Crippen LogP contribution in [0.3, 0.4) is 0 Å². The van der Waals surface area contributed by atoms with Crippen LogP contribution in [0, 0.1) is 0 Å². The van der Waals surface area contributed by atoms with E-state index in [2.05, 4.69) is 21.9 Å². The third-order valence-electron chi connectivity index (χ3n) is 2.11. The van der Waals surface area contributed by atoms with Crippen molar-refractivity contribution in [1.82, 2.24) is 4.98 Å². The Labute approximate surface area is 118 Å². The number of fused-ring (bicyclic) bond motifs is 1. The number of aromatic nitrogens is 1. The van der Waals surface area contributed by atoms with Crippen molar-refractivity contribution in [2.45, 2.75) is 11.3 Å². The molecule has 100 valence electrons. The molecule has 1 aromatic carbocycles. The van der Waals surface area contributed by atoms with Gasteiger partial charge in [-0.2, -0.15) is 4.99 Å². The Hall–Kier alpha value is -1.80. The summed E-state index contributed by atoms with van der Waals surface area (Å²) in [6.07, 6.45) is 0. The van der Waals surface area contributed by atoms with Gasteiger partial charge >= 0.3 is 0 Å². The van der Waals surface area contributed by atoms with E-state index in [1.165, 1.54) is 0 Å². The number of hydrogen-bond donors (Lipinski definition) is 3. The fraction of sp³-hybridized carbons (Fsp3) is 0.182. The summed E-state index contributed by atoms with van der Waals surface area (Å²) < 4.78 is 2.12. The molecule has 2 rings (SSSR count). The predicted molar refractivity (Wildman–Crippen MR) is 83.1 cm³/mol. The zero-order chi connectivity index (χ0) is 13.8. The zero-order valence-corrected chi connectivity index (χ0v) is 12.0. The van der Waals surface area contributed by atoms with E-state index in [4.69, 9.17) is 17.2 Å². The summed E-state index contributed by atoms with van der Waals surface area (Å²) in [7, 11) is 0. The largest absolute Gasteiger partial charge is 0.370 e. The van der Waals surface area contributed by atoms with Crippen LogP contribution in [0.5, 0.6) is 0 Å². The van der Waals surface area contributed by atoms with Crippen LogP contribution in [-0.4, -0.2) is 22.7 Å². The van der Waals surface area contributed by atoms with Gasteiger partial charge in [-0.15, -0.1) is 11.3 Å². The van der Waals surface area contributed by atoms with E-state index in [1.54, 1.807) is 23.1 Å². The summed E-state index contributed by atoms with van der Waals surface area (Å²) in [5.74, 6) is 0.927. The highest BCUT2D eigenvalue weighted by Gasteiger charge is 2.04. The summed E-state index contributed by atoms with van der Waals surface area (Å²) in [6.45, 7) is 2.10. The maximum atomic E-state index is 5.59. The van der Waals surface area contributed by atoms with Crippen LogP contribution in [0.15, 0.2) is 32.5 Å². The summed E-state index contributed by atoms with van der Waals surface area (Å²) >= 11 is 3.35. The molecule has 2 aromatic rings. The molecule has 0 fully saturated rings. The first-order valence-corrected chi connectivity index (χ1v) is 7.36. The first kappa shape index (κ1) is 13.6. The number of aliphatic imine (C=N–C) groups is 2. The highest BCUT2D eigenvalue weighted by molar-refractivity contribution is 8.01. The molecule has 19 heavy (non-hydrogen) atoms. The summed E-state index contributed by atoms with van der Waals surface area (Å²) in [5, 5.41) is 0. The SMILES string of the molecule is CCSc1nc2ccc(N=C(N)N=C(N)N)cc2s1. The number of guanidine groups is 2. The van der Waals surface area contributed by atoms with Crippen LogP contribution in [0.25, 0.3) is 10.2 Å².